The van der Waals surface area contributed by atoms with E-state index >= 15 is 0 Å². The largest absolute Gasteiger partial charge is 0.459 e. The van der Waals surface area contributed by atoms with Crippen molar-refractivity contribution in [1.82, 2.24) is 9.73 Å². The maximum Gasteiger partial charge on any atom is 0.329 e. The molecule has 0 radical (unpaired) electrons. The quantitative estimate of drug-likeness (QED) is 0.125. The van der Waals surface area contributed by atoms with Crippen molar-refractivity contribution in [3.63, 3.8) is 0 Å². The minimum atomic E-state index is -3.87. The van der Waals surface area contributed by atoms with Gasteiger partial charge >= 0.3 is 11.8 Å². The van der Waals surface area contributed by atoms with Crippen molar-refractivity contribution in [2.75, 3.05) is 5.32 Å². The molecule has 1 heterocycles. The van der Waals surface area contributed by atoms with Crippen molar-refractivity contribution >= 4 is 39.4 Å². The molecule has 3 aromatic carbocycles. The van der Waals surface area contributed by atoms with Crippen LogP contribution in [0.2, 0.25) is 0 Å². The van der Waals surface area contributed by atoms with E-state index in [1.54, 1.807) is 36.4 Å². The first-order valence-corrected chi connectivity index (χ1v) is 13.6. The number of carbonyl (C=O) groups excluding carboxylic acids is 2. The molecule has 0 aliphatic heterocycles. The first kappa shape index (κ1) is 28.9. The zero-order valence-corrected chi connectivity index (χ0v) is 22.6. The van der Waals surface area contributed by atoms with Gasteiger partial charge in [-0.1, -0.05) is 48.0 Å². The molecule has 12 nitrogen and oxygen atoms in total. The molecule has 0 aliphatic rings. The van der Waals surface area contributed by atoms with Crippen LogP contribution in [0.3, 0.4) is 0 Å². The van der Waals surface area contributed by atoms with Crippen LogP contribution < -0.4 is 10.7 Å². The number of hydrogen-bond donors (Lipinski definition) is 2. The molecule has 0 bridgehead atoms. The predicted octanol–water partition coefficient (Wildman–Crippen LogP) is 3.98. The number of non-ortho nitro benzene ring substituents is 1. The Labute approximate surface area is 235 Å². The Hall–Kier alpha value is -5.14. The molecular formula is C28H25N5O7S. The summed E-state index contributed by atoms with van der Waals surface area (Å²) in [5.74, 6) is -1.57. The summed E-state index contributed by atoms with van der Waals surface area (Å²) >= 11 is 0. The molecule has 0 aliphatic carbocycles. The third kappa shape index (κ3) is 7.71. The van der Waals surface area contributed by atoms with E-state index in [0.717, 1.165) is 17.3 Å². The molecule has 41 heavy (non-hydrogen) atoms. The van der Waals surface area contributed by atoms with Crippen molar-refractivity contribution in [3.8, 4) is 0 Å². The molecule has 0 spiro atoms. The zero-order valence-electron chi connectivity index (χ0n) is 21.8. The lowest BCUT2D eigenvalue weighted by Gasteiger charge is -2.21. The smallest absolute Gasteiger partial charge is 0.329 e. The Morgan fingerprint density at radius 2 is 1.61 bits per heavy atom. The average molecular weight is 576 g/mol. The number of nitrogens with one attached hydrogen (secondary N) is 2. The number of anilines is 1. The van der Waals surface area contributed by atoms with E-state index < -0.39 is 26.8 Å². The summed E-state index contributed by atoms with van der Waals surface area (Å²) in [6, 6.07) is 23.8. The third-order valence-electron chi connectivity index (χ3n) is 5.78. The lowest BCUT2D eigenvalue weighted by Crippen LogP contribution is -2.32. The minimum Gasteiger partial charge on any atom is -0.459 e. The average Bonchev–Trinajstić information content (AvgIpc) is 3.41. The van der Waals surface area contributed by atoms with Gasteiger partial charge in [0.1, 0.15) is 11.5 Å². The minimum absolute atomic E-state index is 0.0665. The van der Waals surface area contributed by atoms with E-state index in [9.17, 15) is 28.1 Å². The Balaban J connectivity index is 1.40. The van der Waals surface area contributed by atoms with Crippen LogP contribution in [0.15, 0.2) is 105 Å². The second-order valence-electron chi connectivity index (χ2n) is 8.83. The summed E-state index contributed by atoms with van der Waals surface area (Å²) in [7, 11) is -3.87. The Kier molecular flexibility index (Phi) is 9.02. The van der Waals surface area contributed by atoms with E-state index in [4.69, 9.17) is 4.42 Å². The number of hydrazone groups is 1. The van der Waals surface area contributed by atoms with Gasteiger partial charge < -0.3 is 9.73 Å². The highest BCUT2D eigenvalue weighted by atomic mass is 32.2. The maximum absolute atomic E-state index is 13.5. The molecule has 0 saturated carbocycles. The first-order chi connectivity index (χ1) is 19.6. The number of benzene rings is 3. The molecule has 0 fully saturated rings. The number of furan rings is 1. The van der Waals surface area contributed by atoms with Crippen LogP contribution in [0.4, 0.5) is 11.4 Å². The number of nitro groups is 1. The van der Waals surface area contributed by atoms with Gasteiger partial charge in [0.05, 0.1) is 22.6 Å². The van der Waals surface area contributed by atoms with E-state index in [1.807, 2.05) is 37.3 Å². The van der Waals surface area contributed by atoms with Crippen LogP contribution in [-0.2, 0) is 32.7 Å². The van der Waals surface area contributed by atoms with Gasteiger partial charge in [0.25, 0.3) is 5.69 Å². The summed E-state index contributed by atoms with van der Waals surface area (Å²) in [5.41, 5.74) is 3.82. The van der Waals surface area contributed by atoms with E-state index in [-0.39, 0.29) is 35.1 Å². The van der Waals surface area contributed by atoms with E-state index in [1.165, 1.54) is 28.6 Å². The lowest BCUT2D eigenvalue weighted by atomic mass is 10.2. The highest BCUT2D eigenvalue weighted by Crippen LogP contribution is 2.22. The number of carbonyl (C=O) groups is 2. The molecular weight excluding hydrogens is 550 g/mol. The number of sulfonamides is 1. The fourth-order valence-electron chi connectivity index (χ4n) is 3.65. The standard InChI is InChI=1S/C28H25N5O7S/c1-20-7-15-26(16-8-20)41(38,39)32(18-21-5-3-2-4-6-21)19-25-14-13-24(40-25)17-29-31-28(35)27(34)30-22-9-11-23(12-10-22)33(36)37/h2-17H,18-19H2,1H3,(H,30,34)(H,31,35)/b29-17+. The molecule has 2 N–H and O–H groups in total. The molecule has 4 aromatic rings. The van der Waals surface area contributed by atoms with Crippen molar-refractivity contribution in [3.05, 3.63) is 124 Å². The molecule has 0 saturated heterocycles. The summed E-state index contributed by atoms with van der Waals surface area (Å²) in [5, 5.41) is 16.7. The molecule has 4 rings (SSSR count). The summed E-state index contributed by atoms with van der Waals surface area (Å²) in [6.07, 6.45) is 1.16. The van der Waals surface area contributed by atoms with Crippen LogP contribution in [0.25, 0.3) is 0 Å². The fourth-order valence-corrected chi connectivity index (χ4v) is 5.05. The number of nitro benzene ring substituents is 1. The van der Waals surface area contributed by atoms with Crippen LogP contribution in [-0.4, -0.2) is 35.7 Å². The number of hydrogen-bond acceptors (Lipinski definition) is 8. The zero-order chi connectivity index (χ0) is 29.4. The van der Waals surface area contributed by atoms with Gasteiger partial charge in [-0.15, -0.1) is 0 Å². The van der Waals surface area contributed by atoms with Crippen LogP contribution in [0, 0.1) is 17.0 Å². The van der Waals surface area contributed by atoms with Gasteiger partial charge in [-0.25, -0.2) is 13.8 Å². The van der Waals surface area contributed by atoms with Gasteiger partial charge in [0.2, 0.25) is 10.0 Å². The second-order valence-corrected chi connectivity index (χ2v) is 10.8. The molecule has 0 unspecified atom stereocenters. The normalized spacial score (nSPS) is 11.5. The van der Waals surface area contributed by atoms with Crippen LogP contribution in [0.5, 0.6) is 0 Å². The lowest BCUT2D eigenvalue weighted by molar-refractivity contribution is -0.384. The van der Waals surface area contributed by atoms with Gasteiger partial charge in [0, 0.05) is 24.4 Å². The van der Waals surface area contributed by atoms with E-state index in [2.05, 4.69) is 15.8 Å². The molecule has 210 valence electrons. The van der Waals surface area contributed by atoms with Crippen molar-refractivity contribution in [2.24, 2.45) is 5.10 Å². The molecule has 1 aromatic heterocycles. The van der Waals surface area contributed by atoms with Crippen LogP contribution >= 0.6 is 0 Å². The Bertz CT molecular complexity index is 1670. The van der Waals surface area contributed by atoms with Crippen LogP contribution in [0.1, 0.15) is 22.6 Å². The SMILES string of the molecule is Cc1ccc(S(=O)(=O)N(Cc2ccccc2)Cc2ccc(/C=N/NC(=O)C(=O)Nc3ccc([N+](=O)[O-])cc3)o2)cc1. The Morgan fingerprint density at radius 1 is 0.927 bits per heavy atom. The third-order valence-corrected chi connectivity index (χ3v) is 7.58. The summed E-state index contributed by atoms with van der Waals surface area (Å²) in [6.45, 7) is 1.92. The van der Waals surface area contributed by atoms with Gasteiger partial charge in [0.15, 0.2) is 0 Å². The van der Waals surface area contributed by atoms with Gasteiger partial charge in [-0.3, -0.25) is 19.7 Å². The predicted molar refractivity (Wildman–Crippen MR) is 150 cm³/mol. The molecule has 0 atom stereocenters. The Morgan fingerprint density at radius 3 is 2.27 bits per heavy atom. The highest BCUT2D eigenvalue weighted by molar-refractivity contribution is 7.89. The topological polar surface area (TPSA) is 164 Å². The molecule has 2 amide bonds. The number of nitrogens with zero attached hydrogens (tertiary/aromatic N) is 3. The van der Waals surface area contributed by atoms with Gasteiger partial charge in [-0.2, -0.15) is 9.41 Å². The summed E-state index contributed by atoms with van der Waals surface area (Å²) < 4.78 is 34.0. The number of amides is 2. The summed E-state index contributed by atoms with van der Waals surface area (Å²) in [4.78, 5) is 34.4. The van der Waals surface area contributed by atoms with Crippen molar-refractivity contribution in [1.29, 1.82) is 0 Å². The number of rotatable bonds is 10. The monoisotopic (exact) mass is 575 g/mol. The fraction of sp³-hybridized carbons (Fsp3) is 0.107. The van der Waals surface area contributed by atoms with E-state index in [0.29, 0.717) is 5.76 Å². The van der Waals surface area contributed by atoms with Gasteiger partial charge in [-0.05, 0) is 48.9 Å². The van der Waals surface area contributed by atoms with Crippen molar-refractivity contribution in [2.45, 2.75) is 24.9 Å². The maximum atomic E-state index is 13.5. The molecule has 13 heteroatoms. The van der Waals surface area contributed by atoms with Crippen molar-refractivity contribution < 1.29 is 27.3 Å². The second kappa shape index (κ2) is 12.8. The number of aryl methyl sites for hydroxylation is 1. The first-order valence-electron chi connectivity index (χ1n) is 12.2. The highest BCUT2D eigenvalue weighted by Gasteiger charge is 2.26.